The normalized spacial score (nSPS) is 10.2. The molecule has 2 rings (SSSR count). The first-order chi connectivity index (χ1) is 9.62. The van der Waals surface area contributed by atoms with Gasteiger partial charge in [-0.15, -0.1) is 0 Å². The van der Waals surface area contributed by atoms with Crippen molar-refractivity contribution in [2.75, 3.05) is 27.1 Å². The van der Waals surface area contributed by atoms with Gasteiger partial charge in [-0.1, -0.05) is 0 Å². The number of benzene rings is 1. The Kier molecular flexibility index (Phi) is 3.79. The number of esters is 1. The number of carbonyl (C=O) groups is 1. The lowest BCUT2D eigenvalue weighted by molar-refractivity contribution is 0.0596. The molecule has 0 fully saturated rings. The highest BCUT2D eigenvalue weighted by Gasteiger charge is 2.17. The zero-order valence-electron chi connectivity index (χ0n) is 11.4. The number of rotatable bonds is 4. The van der Waals surface area contributed by atoms with Crippen LogP contribution in [0.4, 0.5) is 5.82 Å². The first kappa shape index (κ1) is 13.7. The van der Waals surface area contributed by atoms with Gasteiger partial charge in [-0.05, 0) is 12.1 Å². The van der Waals surface area contributed by atoms with Crippen LogP contribution in [-0.2, 0) is 4.74 Å². The van der Waals surface area contributed by atoms with Crippen LogP contribution < -0.4 is 15.2 Å². The molecule has 2 N–H and O–H groups in total. The summed E-state index contributed by atoms with van der Waals surface area (Å²) in [5.41, 5.74) is 6.67. The Hall–Kier alpha value is -2.70. The summed E-state index contributed by atoms with van der Waals surface area (Å²) in [5, 5.41) is 0. The van der Waals surface area contributed by atoms with Gasteiger partial charge in [0.15, 0.2) is 17.2 Å². The average Bonchev–Trinajstić information content (AvgIpc) is 2.87. The van der Waals surface area contributed by atoms with Gasteiger partial charge in [0.1, 0.15) is 12.1 Å². The van der Waals surface area contributed by atoms with Crippen molar-refractivity contribution in [1.29, 1.82) is 0 Å². The maximum atomic E-state index is 11.5. The lowest BCUT2D eigenvalue weighted by atomic mass is 10.2. The molecule has 0 amide bonds. The predicted octanol–water partition coefficient (Wildman–Crippen LogP) is 1.26. The number of methoxy groups -OCH3 is 3. The first-order valence-corrected chi connectivity index (χ1v) is 5.76. The lowest BCUT2D eigenvalue weighted by Crippen LogP contribution is -2.07. The van der Waals surface area contributed by atoms with Crippen LogP contribution in [0.25, 0.3) is 5.69 Å². The Morgan fingerprint density at radius 2 is 1.90 bits per heavy atom. The van der Waals surface area contributed by atoms with E-state index in [-0.39, 0.29) is 11.5 Å². The molecule has 106 valence electrons. The van der Waals surface area contributed by atoms with Crippen LogP contribution in [0.2, 0.25) is 0 Å². The molecule has 7 heteroatoms. The van der Waals surface area contributed by atoms with E-state index in [0.29, 0.717) is 17.2 Å². The Morgan fingerprint density at radius 3 is 2.50 bits per heavy atom. The molecule has 20 heavy (non-hydrogen) atoms. The highest BCUT2D eigenvalue weighted by Crippen LogP contribution is 2.30. The number of hydrogen-bond donors (Lipinski definition) is 1. The molecule has 0 aliphatic carbocycles. The van der Waals surface area contributed by atoms with Crippen molar-refractivity contribution in [3.63, 3.8) is 0 Å². The van der Waals surface area contributed by atoms with E-state index in [4.69, 9.17) is 15.2 Å². The third-order valence-corrected chi connectivity index (χ3v) is 2.83. The molecular formula is C13H15N3O4. The van der Waals surface area contributed by atoms with E-state index in [1.807, 2.05) is 0 Å². The minimum absolute atomic E-state index is 0.0716. The van der Waals surface area contributed by atoms with Crippen LogP contribution >= 0.6 is 0 Å². The molecule has 0 aliphatic heterocycles. The largest absolute Gasteiger partial charge is 0.493 e. The Morgan fingerprint density at radius 1 is 1.20 bits per heavy atom. The monoisotopic (exact) mass is 277 g/mol. The molecule has 0 radical (unpaired) electrons. The fraction of sp³-hybridized carbons (Fsp3) is 0.231. The summed E-state index contributed by atoms with van der Waals surface area (Å²) in [6.07, 6.45) is 1.45. The van der Waals surface area contributed by atoms with Crippen molar-refractivity contribution in [3.05, 3.63) is 30.2 Å². The summed E-state index contributed by atoms with van der Waals surface area (Å²) < 4.78 is 16.6. The number of imidazole rings is 1. The van der Waals surface area contributed by atoms with Crippen molar-refractivity contribution >= 4 is 11.8 Å². The SMILES string of the molecule is COC(=O)c1ncn(-c2ccc(OC)c(OC)c2)c1N. The number of ether oxygens (including phenoxy) is 3. The van der Waals surface area contributed by atoms with Gasteiger partial charge in [0.05, 0.1) is 27.0 Å². The quantitative estimate of drug-likeness (QED) is 0.846. The fourth-order valence-corrected chi connectivity index (χ4v) is 1.79. The van der Waals surface area contributed by atoms with Crippen LogP contribution in [0, 0.1) is 0 Å². The number of nitrogens with two attached hydrogens (primary N) is 1. The van der Waals surface area contributed by atoms with Crippen molar-refractivity contribution in [1.82, 2.24) is 9.55 Å². The number of nitrogen functional groups attached to an aromatic ring is 1. The van der Waals surface area contributed by atoms with Gasteiger partial charge in [-0.3, -0.25) is 4.57 Å². The summed E-state index contributed by atoms with van der Waals surface area (Å²) in [6.45, 7) is 0. The summed E-state index contributed by atoms with van der Waals surface area (Å²) in [5.74, 6) is 0.770. The van der Waals surface area contributed by atoms with Crippen molar-refractivity contribution in [3.8, 4) is 17.2 Å². The average molecular weight is 277 g/mol. The van der Waals surface area contributed by atoms with Crippen LogP contribution in [0.15, 0.2) is 24.5 Å². The van der Waals surface area contributed by atoms with Gasteiger partial charge in [0.2, 0.25) is 0 Å². The van der Waals surface area contributed by atoms with Gasteiger partial charge >= 0.3 is 5.97 Å². The molecule has 0 saturated carbocycles. The summed E-state index contributed by atoms with van der Waals surface area (Å²) in [6, 6.07) is 5.25. The third-order valence-electron chi connectivity index (χ3n) is 2.83. The first-order valence-electron chi connectivity index (χ1n) is 5.76. The van der Waals surface area contributed by atoms with Crippen molar-refractivity contribution in [2.45, 2.75) is 0 Å². The summed E-state index contributed by atoms with van der Waals surface area (Å²) in [4.78, 5) is 15.4. The molecule has 0 spiro atoms. The molecular weight excluding hydrogens is 262 g/mol. The van der Waals surface area contributed by atoms with E-state index in [2.05, 4.69) is 9.72 Å². The van der Waals surface area contributed by atoms with Crippen LogP contribution in [-0.4, -0.2) is 36.8 Å². The third kappa shape index (κ3) is 2.25. The molecule has 1 aromatic heterocycles. The zero-order chi connectivity index (χ0) is 14.7. The highest BCUT2D eigenvalue weighted by molar-refractivity contribution is 5.92. The fourth-order valence-electron chi connectivity index (χ4n) is 1.79. The van der Waals surface area contributed by atoms with Crippen molar-refractivity contribution in [2.24, 2.45) is 0 Å². The number of carbonyl (C=O) groups excluding carboxylic acids is 1. The van der Waals surface area contributed by atoms with Crippen LogP contribution in [0.5, 0.6) is 11.5 Å². The van der Waals surface area contributed by atoms with Crippen LogP contribution in [0.3, 0.4) is 0 Å². The Bertz CT molecular complexity index is 637. The topological polar surface area (TPSA) is 88.6 Å². The number of hydrogen-bond acceptors (Lipinski definition) is 6. The van der Waals surface area contributed by atoms with E-state index >= 15 is 0 Å². The van der Waals surface area contributed by atoms with Gasteiger partial charge < -0.3 is 19.9 Å². The molecule has 0 bridgehead atoms. The van der Waals surface area contributed by atoms with Crippen molar-refractivity contribution < 1.29 is 19.0 Å². The molecule has 7 nitrogen and oxygen atoms in total. The van der Waals surface area contributed by atoms with E-state index in [0.717, 1.165) is 0 Å². The number of aromatic nitrogens is 2. The summed E-state index contributed by atoms with van der Waals surface area (Å²) >= 11 is 0. The van der Waals surface area contributed by atoms with E-state index in [1.165, 1.54) is 13.4 Å². The second-order valence-electron chi connectivity index (χ2n) is 3.88. The molecule has 0 unspecified atom stereocenters. The van der Waals surface area contributed by atoms with Crippen LogP contribution in [0.1, 0.15) is 10.5 Å². The second-order valence-corrected chi connectivity index (χ2v) is 3.88. The van der Waals surface area contributed by atoms with E-state index < -0.39 is 5.97 Å². The maximum absolute atomic E-state index is 11.5. The standard InChI is InChI=1S/C13H15N3O4/c1-18-9-5-4-8(6-10(9)19-2)16-7-15-11(12(16)14)13(17)20-3/h4-7H,14H2,1-3H3. The van der Waals surface area contributed by atoms with E-state index in [9.17, 15) is 4.79 Å². The molecule has 1 aromatic carbocycles. The van der Waals surface area contributed by atoms with Gasteiger partial charge in [0.25, 0.3) is 0 Å². The summed E-state index contributed by atoms with van der Waals surface area (Å²) in [7, 11) is 4.37. The maximum Gasteiger partial charge on any atom is 0.360 e. The minimum Gasteiger partial charge on any atom is -0.493 e. The van der Waals surface area contributed by atoms with E-state index in [1.54, 1.807) is 37.0 Å². The molecule has 1 heterocycles. The smallest absolute Gasteiger partial charge is 0.360 e. The molecule has 0 atom stereocenters. The minimum atomic E-state index is -0.582. The number of anilines is 1. The number of nitrogens with zero attached hydrogens (tertiary/aromatic N) is 2. The Labute approximate surface area is 115 Å². The predicted molar refractivity (Wildman–Crippen MR) is 72.4 cm³/mol. The van der Waals surface area contributed by atoms with Gasteiger partial charge in [0, 0.05) is 6.07 Å². The zero-order valence-corrected chi connectivity index (χ0v) is 11.4. The second kappa shape index (κ2) is 5.52. The highest BCUT2D eigenvalue weighted by atomic mass is 16.5. The van der Waals surface area contributed by atoms with Gasteiger partial charge in [-0.2, -0.15) is 0 Å². The molecule has 0 aliphatic rings. The lowest BCUT2D eigenvalue weighted by Gasteiger charge is -2.11. The molecule has 2 aromatic rings. The Balaban J connectivity index is 2.47. The van der Waals surface area contributed by atoms with Gasteiger partial charge in [-0.25, -0.2) is 9.78 Å². The molecule has 0 saturated heterocycles.